The molecule has 2 aromatic rings. The third-order valence-electron chi connectivity index (χ3n) is 5.82. The lowest BCUT2D eigenvalue weighted by Crippen LogP contribution is -2.30. The molecule has 150 valence electrons. The average molecular weight is 393 g/mol. The normalized spacial score (nSPS) is 23.7. The maximum Gasteiger partial charge on any atom is 0.347 e. The molecule has 3 unspecified atom stereocenters. The summed E-state index contributed by atoms with van der Waals surface area (Å²) in [5.41, 5.74) is 0.835. The second kappa shape index (κ2) is 7.70. The van der Waals surface area contributed by atoms with Crippen molar-refractivity contribution >= 4 is 23.5 Å². The van der Waals surface area contributed by atoms with Crippen molar-refractivity contribution in [3.05, 3.63) is 54.1 Å². The van der Waals surface area contributed by atoms with E-state index in [2.05, 4.69) is 6.92 Å². The van der Waals surface area contributed by atoms with Gasteiger partial charge in [0.15, 0.2) is 0 Å². The maximum absolute atomic E-state index is 12.8. The Kier molecular flexibility index (Phi) is 5.09. The number of fused-ring (bicyclic) bond motifs is 1. The van der Waals surface area contributed by atoms with Gasteiger partial charge in [-0.25, -0.2) is 4.79 Å². The molecule has 1 aliphatic heterocycles. The summed E-state index contributed by atoms with van der Waals surface area (Å²) < 4.78 is 10.6. The number of anilines is 1. The first-order valence-corrected chi connectivity index (χ1v) is 9.82. The third kappa shape index (κ3) is 3.50. The molecule has 0 spiro atoms. The fourth-order valence-corrected chi connectivity index (χ4v) is 4.28. The van der Waals surface area contributed by atoms with Crippen molar-refractivity contribution in [2.24, 2.45) is 17.8 Å². The summed E-state index contributed by atoms with van der Waals surface area (Å²) in [6.45, 7) is 2.13. The van der Waals surface area contributed by atoms with Crippen LogP contribution in [0.3, 0.4) is 0 Å². The van der Waals surface area contributed by atoms with Gasteiger partial charge in [0.05, 0.1) is 24.6 Å². The summed E-state index contributed by atoms with van der Waals surface area (Å²) in [6, 6.07) is 13.3. The van der Waals surface area contributed by atoms with Gasteiger partial charge in [-0.3, -0.25) is 14.5 Å². The zero-order valence-corrected chi connectivity index (χ0v) is 16.5. The Hall–Kier alpha value is -3.15. The molecule has 2 amide bonds. The minimum atomic E-state index is -0.538. The molecule has 4 rings (SSSR count). The number of benzene rings is 2. The van der Waals surface area contributed by atoms with Crippen LogP contribution in [0.5, 0.6) is 11.5 Å². The van der Waals surface area contributed by atoms with Crippen LogP contribution in [0.15, 0.2) is 48.5 Å². The Morgan fingerprint density at radius 2 is 1.66 bits per heavy atom. The van der Waals surface area contributed by atoms with E-state index in [4.69, 9.17) is 9.47 Å². The fourth-order valence-electron chi connectivity index (χ4n) is 4.28. The van der Waals surface area contributed by atoms with Gasteiger partial charge in [0.1, 0.15) is 17.1 Å². The second-order valence-electron chi connectivity index (χ2n) is 7.73. The molecule has 1 saturated heterocycles. The lowest BCUT2D eigenvalue weighted by Gasteiger charge is -2.25. The molecule has 1 heterocycles. The van der Waals surface area contributed by atoms with Crippen molar-refractivity contribution in [3.63, 3.8) is 0 Å². The molecule has 2 aliphatic rings. The lowest BCUT2D eigenvalue weighted by atomic mass is 9.76. The topological polar surface area (TPSA) is 72.9 Å². The van der Waals surface area contributed by atoms with Gasteiger partial charge in [-0.2, -0.15) is 0 Å². The van der Waals surface area contributed by atoms with Crippen molar-refractivity contribution in [2.75, 3.05) is 12.0 Å². The smallest absolute Gasteiger partial charge is 0.347 e. The molecule has 0 aromatic heterocycles. The predicted octanol–water partition coefficient (Wildman–Crippen LogP) is 3.84. The number of hydrogen-bond donors (Lipinski definition) is 0. The number of hydrogen-bond acceptors (Lipinski definition) is 5. The monoisotopic (exact) mass is 393 g/mol. The van der Waals surface area contributed by atoms with Crippen LogP contribution >= 0.6 is 0 Å². The summed E-state index contributed by atoms with van der Waals surface area (Å²) in [5, 5.41) is 0. The SMILES string of the molecule is COc1ccccc1C(=O)Oc1ccc(N2C(=O)C3CCC(C)CC3C2=O)cc1. The van der Waals surface area contributed by atoms with E-state index in [0.717, 1.165) is 19.3 Å². The minimum Gasteiger partial charge on any atom is -0.496 e. The Bertz CT molecular complexity index is 952. The number of methoxy groups -OCH3 is 1. The number of carbonyl (C=O) groups excluding carboxylic acids is 3. The first-order chi connectivity index (χ1) is 14.0. The van der Waals surface area contributed by atoms with Crippen LogP contribution in [0, 0.1) is 17.8 Å². The highest BCUT2D eigenvalue weighted by atomic mass is 16.5. The molecule has 2 fully saturated rings. The van der Waals surface area contributed by atoms with Gasteiger partial charge < -0.3 is 9.47 Å². The van der Waals surface area contributed by atoms with Crippen molar-refractivity contribution in [1.82, 2.24) is 0 Å². The largest absolute Gasteiger partial charge is 0.496 e. The van der Waals surface area contributed by atoms with Gasteiger partial charge in [-0.05, 0) is 61.6 Å². The summed E-state index contributed by atoms with van der Waals surface area (Å²) in [6.07, 6.45) is 2.51. The van der Waals surface area contributed by atoms with E-state index in [1.54, 1.807) is 48.5 Å². The highest BCUT2D eigenvalue weighted by molar-refractivity contribution is 6.22. The van der Waals surface area contributed by atoms with E-state index in [0.29, 0.717) is 28.7 Å². The van der Waals surface area contributed by atoms with Crippen molar-refractivity contribution < 1.29 is 23.9 Å². The Morgan fingerprint density at radius 3 is 2.38 bits per heavy atom. The van der Waals surface area contributed by atoms with E-state index < -0.39 is 5.97 Å². The van der Waals surface area contributed by atoms with Gasteiger partial charge in [0.2, 0.25) is 11.8 Å². The molecule has 6 nitrogen and oxygen atoms in total. The molecule has 0 N–H and O–H groups in total. The summed E-state index contributed by atoms with van der Waals surface area (Å²) >= 11 is 0. The molecule has 2 aromatic carbocycles. The van der Waals surface area contributed by atoms with Crippen molar-refractivity contribution in [1.29, 1.82) is 0 Å². The van der Waals surface area contributed by atoms with E-state index >= 15 is 0 Å². The number of ether oxygens (including phenoxy) is 2. The Labute approximate surface area is 169 Å². The average Bonchev–Trinajstić information content (AvgIpc) is 2.98. The molecule has 3 atom stereocenters. The maximum atomic E-state index is 12.8. The van der Waals surface area contributed by atoms with Crippen molar-refractivity contribution in [2.45, 2.75) is 26.2 Å². The Balaban J connectivity index is 1.50. The van der Waals surface area contributed by atoms with Crippen molar-refractivity contribution in [3.8, 4) is 11.5 Å². The van der Waals surface area contributed by atoms with Gasteiger partial charge >= 0.3 is 5.97 Å². The first kappa shape index (κ1) is 19.2. The lowest BCUT2D eigenvalue weighted by molar-refractivity contribution is -0.122. The van der Waals surface area contributed by atoms with Crippen LogP contribution in [-0.2, 0) is 9.59 Å². The van der Waals surface area contributed by atoms with Crippen LogP contribution in [0.1, 0.15) is 36.5 Å². The first-order valence-electron chi connectivity index (χ1n) is 9.82. The summed E-state index contributed by atoms with van der Waals surface area (Å²) in [4.78, 5) is 39.3. The quantitative estimate of drug-likeness (QED) is 0.448. The molecular formula is C23H23NO5. The second-order valence-corrected chi connectivity index (χ2v) is 7.73. The van der Waals surface area contributed by atoms with Crippen LogP contribution in [-0.4, -0.2) is 24.9 Å². The number of nitrogens with zero attached hydrogens (tertiary/aromatic N) is 1. The standard InChI is InChI=1S/C23H23NO5/c1-14-7-12-17-19(13-14)22(26)24(21(17)25)15-8-10-16(11-9-15)29-23(27)18-5-3-4-6-20(18)28-2/h3-6,8-11,14,17,19H,7,12-13H2,1-2H3. The number of para-hydroxylation sites is 1. The van der Waals surface area contributed by atoms with Gasteiger partial charge in [0, 0.05) is 0 Å². The summed E-state index contributed by atoms with van der Waals surface area (Å²) in [7, 11) is 1.49. The highest BCUT2D eigenvalue weighted by Gasteiger charge is 2.49. The minimum absolute atomic E-state index is 0.120. The molecule has 29 heavy (non-hydrogen) atoms. The zero-order chi connectivity index (χ0) is 20.5. The van der Waals surface area contributed by atoms with Crippen LogP contribution in [0.2, 0.25) is 0 Å². The third-order valence-corrected chi connectivity index (χ3v) is 5.82. The molecule has 1 aliphatic carbocycles. The van der Waals surface area contributed by atoms with Gasteiger partial charge in [-0.15, -0.1) is 0 Å². The number of amides is 2. The van der Waals surface area contributed by atoms with Gasteiger partial charge in [0.25, 0.3) is 0 Å². The zero-order valence-electron chi connectivity index (χ0n) is 16.5. The van der Waals surface area contributed by atoms with E-state index in [1.807, 2.05) is 0 Å². The number of carbonyl (C=O) groups is 3. The number of rotatable bonds is 4. The number of imide groups is 1. The number of esters is 1. The van der Waals surface area contributed by atoms with Gasteiger partial charge in [-0.1, -0.05) is 19.1 Å². The molecule has 0 bridgehead atoms. The highest BCUT2D eigenvalue weighted by Crippen LogP contribution is 2.42. The summed E-state index contributed by atoms with van der Waals surface area (Å²) in [5.74, 6) is 0.0225. The molecule has 1 saturated carbocycles. The van der Waals surface area contributed by atoms with E-state index in [9.17, 15) is 14.4 Å². The van der Waals surface area contributed by atoms with Crippen LogP contribution in [0.25, 0.3) is 0 Å². The van der Waals surface area contributed by atoms with Crippen LogP contribution in [0.4, 0.5) is 5.69 Å². The van der Waals surface area contributed by atoms with Crippen LogP contribution < -0.4 is 14.4 Å². The molecular weight excluding hydrogens is 370 g/mol. The predicted molar refractivity (Wildman–Crippen MR) is 107 cm³/mol. The Morgan fingerprint density at radius 1 is 0.966 bits per heavy atom. The van der Waals surface area contributed by atoms with E-state index in [-0.39, 0.29) is 23.7 Å². The molecule has 6 heteroatoms. The van der Waals surface area contributed by atoms with E-state index in [1.165, 1.54) is 12.0 Å². The molecule has 0 radical (unpaired) electrons. The fraction of sp³-hybridized carbons (Fsp3) is 0.348.